The highest BCUT2D eigenvalue weighted by atomic mass is 16.1. The SMILES string of the molecule is CCN1CCC(CNC(=O)C(C)CCCC(C)N)CC1. The Balaban J connectivity index is 2.13. The molecule has 1 heterocycles. The molecule has 0 spiro atoms. The zero-order valence-electron chi connectivity index (χ0n) is 13.5. The van der Waals surface area contributed by atoms with Crippen LogP contribution >= 0.6 is 0 Å². The number of nitrogens with zero attached hydrogens (tertiary/aromatic N) is 1. The second kappa shape index (κ2) is 9.35. The molecule has 1 aliphatic rings. The lowest BCUT2D eigenvalue weighted by Gasteiger charge is -2.31. The predicted molar refractivity (Wildman–Crippen MR) is 84.5 cm³/mol. The summed E-state index contributed by atoms with van der Waals surface area (Å²) in [6, 6.07) is 0.244. The smallest absolute Gasteiger partial charge is 0.222 e. The summed E-state index contributed by atoms with van der Waals surface area (Å²) in [5, 5.41) is 3.13. The third-order valence-electron chi connectivity index (χ3n) is 4.46. The Morgan fingerprint density at radius 3 is 2.50 bits per heavy atom. The van der Waals surface area contributed by atoms with Crippen LogP contribution in [0.25, 0.3) is 0 Å². The average Bonchev–Trinajstić information content (AvgIpc) is 2.44. The van der Waals surface area contributed by atoms with E-state index in [1.807, 2.05) is 13.8 Å². The molecule has 0 aromatic carbocycles. The van der Waals surface area contributed by atoms with Crippen molar-refractivity contribution in [3.8, 4) is 0 Å². The van der Waals surface area contributed by atoms with Crippen molar-refractivity contribution in [2.45, 2.75) is 58.9 Å². The Bertz CT molecular complexity index is 273. The van der Waals surface area contributed by atoms with Crippen LogP contribution in [0.5, 0.6) is 0 Å². The number of nitrogens with two attached hydrogens (primary N) is 1. The van der Waals surface area contributed by atoms with Crippen molar-refractivity contribution in [2.75, 3.05) is 26.2 Å². The molecule has 0 bridgehead atoms. The number of hydrogen-bond acceptors (Lipinski definition) is 3. The highest BCUT2D eigenvalue weighted by molar-refractivity contribution is 5.78. The number of carbonyl (C=O) groups is 1. The highest BCUT2D eigenvalue weighted by Gasteiger charge is 2.19. The van der Waals surface area contributed by atoms with Crippen molar-refractivity contribution in [3.05, 3.63) is 0 Å². The van der Waals surface area contributed by atoms with Crippen molar-refractivity contribution in [2.24, 2.45) is 17.6 Å². The van der Waals surface area contributed by atoms with E-state index in [2.05, 4.69) is 17.1 Å². The van der Waals surface area contributed by atoms with Crippen LogP contribution in [0, 0.1) is 11.8 Å². The molecular formula is C16H33N3O. The molecule has 1 rings (SSSR count). The average molecular weight is 283 g/mol. The van der Waals surface area contributed by atoms with E-state index in [-0.39, 0.29) is 17.9 Å². The minimum Gasteiger partial charge on any atom is -0.356 e. The van der Waals surface area contributed by atoms with Gasteiger partial charge in [-0.15, -0.1) is 0 Å². The molecule has 0 aromatic heterocycles. The molecule has 20 heavy (non-hydrogen) atoms. The van der Waals surface area contributed by atoms with Gasteiger partial charge in [-0.1, -0.05) is 20.3 Å². The van der Waals surface area contributed by atoms with Crippen LogP contribution in [-0.2, 0) is 4.79 Å². The molecule has 3 N–H and O–H groups in total. The molecular weight excluding hydrogens is 250 g/mol. The van der Waals surface area contributed by atoms with Gasteiger partial charge in [-0.2, -0.15) is 0 Å². The van der Waals surface area contributed by atoms with E-state index in [1.165, 1.54) is 25.9 Å². The summed E-state index contributed by atoms with van der Waals surface area (Å²) in [6.45, 7) is 10.6. The van der Waals surface area contributed by atoms with Gasteiger partial charge in [0.1, 0.15) is 0 Å². The molecule has 4 heteroatoms. The van der Waals surface area contributed by atoms with Gasteiger partial charge < -0.3 is 16.0 Å². The van der Waals surface area contributed by atoms with Crippen molar-refractivity contribution in [1.82, 2.24) is 10.2 Å². The number of hydrogen-bond donors (Lipinski definition) is 2. The van der Waals surface area contributed by atoms with E-state index in [0.717, 1.165) is 32.4 Å². The zero-order valence-corrected chi connectivity index (χ0v) is 13.5. The van der Waals surface area contributed by atoms with E-state index >= 15 is 0 Å². The van der Waals surface area contributed by atoms with E-state index in [1.54, 1.807) is 0 Å². The summed E-state index contributed by atoms with van der Waals surface area (Å²) in [7, 11) is 0. The third kappa shape index (κ3) is 6.71. The lowest BCUT2D eigenvalue weighted by molar-refractivity contribution is -0.125. The lowest BCUT2D eigenvalue weighted by atomic mass is 9.96. The number of likely N-dealkylation sites (tertiary alicyclic amines) is 1. The Kier molecular flexibility index (Phi) is 8.15. The quantitative estimate of drug-likeness (QED) is 0.716. The molecule has 1 fully saturated rings. The van der Waals surface area contributed by atoms with Crippen LogP contribution in [0.2, 0.25) is 0 Å². The summed E-state index contributed by atoms with van der Waals surface area (Å²) in [5.74, 6) is 0.995. The second-order valence-electron chi connectivity index (χ2n) is 6.43. The van der Waals surface area contributed by atoms with Crippen molar-refractivity contribution < 1.29 is 4.79 Å². The molecule has 0 saturated carbocycles. The van der Waals surface area contributed by atoms with Gasteiger partial charge in [-0.05, 0) is 58.2 Å². The van der Waals surface area contributed by atoms with Gasteiger partial charge in [0, 0.05) is 18.5 Å². The first-order valence-corrected chi connectivity index (χ1v) is 8.28. The number of carbonyl (C=O) groups excluding carboxylic acids is 1. The van der Waals surface area contributed by atoms with Crippen molar-refractivity contribution in [1.29, 1.82) is 0 Å². The molecule has 2 atom stereocenters. The number of piperidine rings is 1. The molecule has 1 saturated heterocycles. The van der Waals surface area contributed by atoms with Gasteiger partial charge in [-0.3, -0.25) is 4.79 Å². The Hall–Kier alpha value is -0.610. The van der Waals surface area contributed by atoms with Crippen molar-refractivity contribution >= 4 is 5.91 Å². The van der Waals surface area contributed by atoms with Gasteiger partial charge in [0.05, 0.1) is 0 Å². The molecule has 0 aliphatic carbocycles. The molecule has 1 amide bonds. The zero-order chi connectivity index (χ0) is 15.0. The van der Waals surface area contributed by atoms with E-state index in [4.69, 9.17) is 5.73 Å². The normalized spacial score (nSPS) is 20.6. The summed E-state index contributed by atoms with van der Waals surface area (Å²) < 4.78 is 0. The fraction of sp³-hybridized carbons (Fsp3) is 0.938. The summed E-state index contributed by atoms with van der Waals surface area (Å²) in [6.07, 6.45) is 5.43. The Labute approximate surface area is 124 Å². The van der Waals surface area contributed by atoms with Crippen LogP contribution in [0.3, 0.4) is 0 Å². The number of nitrogens with one attached hydrogen (secondary N) is 1. The first-order valence-electron chi connectivity index (χ1n) is 8.28. The van der Waals surface area contributed by atoms with Crippen LogP contribution in [0.15, 0.2) is 0 Å². The first kappa shape index (κ1) is 17.4. The molecule has 1 aliphatic heterocycles. The third-order valence-corrected chi connectivity index (χ3v) is 4.46. The lowest BCUT2D eigenvalue weighted by Crippen LogP contribution is -2.39. The van der Waals surface area contributed by atoms with Crippen LogP contribution in [-0.4, -0.2) is 43.0 Å². The van der Waals surface area contributed by atoms with E-state index in [0.29, 0.717) is 5.92 Å². The topological polar surface area (TPSA) is 58.4 Å². The Morgan fingerprint density at radius 1 is 1.30 bits per heavy atom. The Morgan fingerprint density at radius 2 is 1.95 bits per heavy atom. The largest absolute Gasteiger partial charge is 0.356 e. The highest BCUT2D eigenvalue weighted by Crippen LogP contribution is 2.16. The van der Waals surface area contributed by atoms with Gasteiger partial charge in [0.15, 0.2) is 0 Å². The molecule has 0 radical (unpaired) electrons. The van der Waals surface area contributed by atoms with E-state index in [9.17, 15) is 4.79 Å². The van der Waals surface area contributed by atoms with Crippen molar-refractivity contribution in [3.63, 3.8) is 0 Å². The predicted octanol–water partition coefficient (Wildman–Crippen LogP) is 1.99. The summed E-state index contributed by atoms with van der Waals surface area (Å²) in [4.78, 5) is 14.5. The molecule has 118 valence electrons. The van der Waals surface area contributed by atoms with Gasteiger partial charge in [-0.25, -0.2) is 0 Å². The molecule has 0 aromatic rings. The number of amides is 1. The minimum atomic E-state index is 0.115. The monoisotopic (exact) mass is 283 g/mol. The van der Waals surface area contributed by atoms with Crippen LogP contribution in [0.1, 0.15) is 52.9 Å². The fourth-order valence-electron chi connectivity index (χ4n) is 2.80. The summed E-state index contributed by atoms with van der Waals surface area (Å²) >= 11 is 0. The number of rotatable bonds is 8. The van der Waals surface area contributed by atoms with E-state index < -0.39 is 0 Å². The fourth-order valence-corrected chi connectivity index (χ4v) is 2.80. The minimum absolute atomic E-state index is 0.115. The maximum absolute atomic E-state index is 12.0. The van der Waals surface area contributed by atoms with Gasteiger partial charge in [0.25, 0.3) is 0 Å². The van der Waals surface area contributed by atoms with Gasteiger partial charge in [0.2, 0.25) is 5.91 Å². The van der Waals surface area contributed by atoms with Crippen LogP contribution < -0.4 is 11.1 Å². The second-order valence-corrected chi connectivity index (χ2v) is 6.43. The molecule has 4 nitrogen and oxygen atoms in total. The summed E-state index contributed by atoms with van der Waals surface area (Å²) in [5.41, 5.74) is 5.73. The molecule has 2 unspecified atom stereocenters. The van der Waals surface area contributed by atoms with Gasteiger partial charge >= 0.3 is 0 Å². The first-order chi connectivity index (χ1) is 9.52. The van der Waals surface area contributed by atoms with Crippen LogP contribution in [0.4, 0.5) is 0 Å². The maximum Gasteiger partial charge on any atom is 0.222 e. The standard InChI is InChI=1S/C16H33N3O/c1-4-19-10-8-15(9-11-19)12-18-16(20)13(2)6-5-7-14(3)17/h13-15H,4-12,17H2,1-3H3,(H,18,20). The maximum atomic E-state index is 12.0.